The summed E-state index contributed by atoms with van der Waals surface area (Å²) in [5.74, 6) is -1.23. The Kier molecular flexibility index (Phi) is 5.70. The van der Waals surface area contributed by atoms with Crippen molar-refractivity contribution in [3.8, 4) is 0 Å². The molecule has 3 N–H and O–H groups in total. The zero-order chi connectivity index (χ0) is 18.6. The summed E-state index contributed by atoms with van der Waals surface area (Å²) in [6.07, 6.45) is 4.81. The van der Waals surface area contributed by atoms with E-state index in [0.29, 0.717) is 52.1 Å². The third-order valence-corrected chi connectivity index (χ3v) is 6.01. The molecule has 7 heteroatoms. The quantitative estimate of drug-likeness (QED) is 0.633. The van der Waals surface area contributed by atoms with Crippen LogP contribution in [0.1, 0.15) is 31.7 Å². The molecule has 0 amide bonds. The van der Waals surface area contributed by atoms with Crippen LogP contribution in [0.5, 0.6) is 0 Å². The van der Waals surface area contributed by atoms with Gasteiger partial charge in [0.05, 0.1) is 0 Å². The number of nitrogens with one attached hydrogen (secondary N) is 2. The van der Waals surface area contributed by atoms with Gasteiger partial charge in [0, 0.05) is 50.4 Å². The normalized spacial score (nSPS) is 23.1. The topological polar surface area (TPSA) is 94.6 Å². The number of hydrogen-bond donors (Lipinski definition) is 3. The highest BCUT2D eigenvalue weighted by molar-refractivity contribution is 6.10. The van der Waals surface area contributed by atoms with E-state index >= 15 is 0 Å². The van der Waals surface area contributed by atoms with Crippen molar-refractivity contribution in [2.75, 3.05) is 39.3 Å². The molecule has 0 bridgehead atoms. The predicted molar refractivity (Wildman–Crippen MR) is 98.1 cm³/mol. The molecular formula is C19H28N4O3. The van der Waals surface area contributed by atoms with Gasteiger partial charge in [-0.1, -0.05) is 6.92 Å². The van der Waals surface area contributed by atoms with Crippen LogP contribution in [0.4, 0.5) is 0 Å². The SMILES string of the molecule is CCC(=O)C(C(=O)O)(N1CCNCC1)C1(c2ccncc2)CCNCC1. The van der Waals surface area contributed by atoms with Gasteiger partial charge >= 0.3 is 5.97 Å². The fourth-order valence-electron chi connectivity index (χ4n) is 4.85. The van der Waals surface area contributed by atoms with E-state index in [2.05, 4.69) is 15.6 Å². The number of pyridine rings is 1. The van der Waals surface area contributed by atoms with Gasteiger partial charge in [0.25, 0.3) is 0 Å². The molecule has 1 aromatic heterocycles. The van der Waals surface area contributed by atoms with Crippen LogP contribution in [0, 0.1) is 0 Å². The molecule has 26 heavy (non-hydrogen) atoms. The number of carboxylic acid groups (broad SMARTS) is 1. The first-order valence-corrected chi connectivity index (χ1v) is 9.43. The van der Waals surface area contributed by atoms with Crippen molar-refractivity contribution in [2.24, 2.45) is 0 Å². The van der Waals surface area contributed by atoms with Gasteiger partial charge in [-0.15, -0.1) is 0 Å². The lowest BCUT2D eigenvalue weighted by atomic mass is 9.57. The Balaban J connectivity index is 2.24. The van der Waals surface area contributed by atoms with Crippen molar-refractivity contribution in [2.45, 2.75) is 37.1 Å². The third kappa shape index (κ3) is 2.84. The number of rotatable bonds is 6. The number of aliphatic carboxylic acids is 1. The molecule has 3 heterocycles. The van der Waals surface area contributed by atoms with Crippen LogP contribution in [-0.4, -0.2) is 71.6 Å². The van der Waals surface area contributed by atoms with Crippen LogP contribution in [0.3, 0.4) is 0 Å². The fraction of sp³-hybridized carbons (Fsp3) is 0.632. The Labute approximate surface area is 154 Å². The van der Waals surface area contributed by atoms with Crippen molar-refractivity contribution < 1.29 is 14.7 Å². The van der Waals surface area contributed by atoms with E-state index in [1.165, 1.54) is 0 Å². The van der Waals surface area contributed by atoms with Gasteiger partial charge in [-0.25, -0.2) is 4.79 Å². The molecule has 7 nitrogen and oxygen atoms in total. The van der Waals surface area contributed by atoms with Gasteiger partial charge in [-0.3, -0.25) is 14.7 Å². The summed E-state index contributed by atoms with van der Waals surface area (Å²) in [5, 5.41) is 17.1. The maximum absolute atomic E-state index is 13.4. The molecule has 1 aromatic rings. The lowest BCUT2D eigenvalue weighted by Gasteiger charge is -2.55. The van der Waals surface area contributed by atoms with E-state index in [9.17, 15) is 14.7 Å². The smallest absolute Gasteiger partial charge is 0.332 e. The summed E-state index contributed by atoms with van der Waals surface area (Å²) in [6, 6.07) is 3.77. The summed E-state index contributed by atoms with van der Waals surface area (Å²) in [6.45, 7) is 5.65. The minimum Gasteiger partial charge on any atom is -0.479 e. The second kappa shape index (κ2) is 7.82. The van der Waals surface area contributed by atoms with Crippen LogP contribution in [0.25, 0.3) is 0 Å². The van der Waals surface area contributed by atoms with E-state index in [0.717, 1.165) is 5.56 Å². The molecule has 1 unspecified atom stereocenters. The summed E-state index contributed by atoms with van der Waals surface area (Å²) in [5.41, 5.74) is -1.41. The highest BCUT2D eigenvalue weighted by Crippen LogP contribution is 2.47. The van der Waals surface area contributed by atoms with Gasteiger partial charge in [0.1, 0.15) is 0 Å². The molecule has 0 aliphatic carbocycles. The average molecular weight is 360 g/mol. The number of carboxylic acids is 1. The van der Waals surface area contributed by atoms with Crippen molar-refractivity contribution >= 4 is 11.8 Å². The highest BCUT2D eigenvalue weighted by atomic mass is 16.4. The lowest BCUT2D eigenvalue weighted by molar-refractivity contribution is -0.167. The summed E-state index contributed by atoms with van der Waals surface area (Å²) in [7, 11) is 0. The average Bonchev–Trinajstić information content (AvgIpc) is 2.70. The molecule has 0 aromatic carbocycles. The monoisotopic (exact) mass is 360 g/mol. The molecule has 2 aliphatic rings. The second-order valence-corrected chi connectivity index (χ2v) is 7.10. The number of nitrogens with zero attached hydrogens (tertiary/aromatic N) is 2. The molecule has 0 spiro atoms. The maximum Gasteiger partial charge on any atom is 0.332 e. The van der Waals surface area contributed by atoms with Crippen LogP contribution in [0.2, 0.25) is 0 Å². The number of carbonyl (C=O) groups excluding carboxylic acids is 1. The number of ketones is 1. The number of piperidine rings is 1. The van der Waals surface area contributed by atoms with Gasteiger partial charge in [0.15, 0.2) is 11.3 Å². The molecule has 1 atom stereocenters. The maximum atomic E-state index is 13.4. The molecule has 2 saturated heterocycles. The zero-order valence-electron chi connectivity index (χ0n) is 15.3. The van der Waals surface area contributed by atoms with Gasteiger partial charge in [0.2, 0.25) is 0 Å². The first kappa shape index (κ1) is 18.9. The largest absolute Gasteiger partial charge is 0.479 e. The highest BCUT2D eigenvalue weighted by Gasteiger charge is 2.64. The third-order valence-electron chi connectivity index (χ3n) is 6.01. The Morgan fingerprint density at radius 3 is 2.27 bits per heavy atom. The molecule has 2 fully saturated rings. The summed E-state index contributed by atoms with van der Waals surface area (Å²) in [4.78, 5) is 32.3. The fourth-order valence-corrected chi connectivity index (χ4v) is 4.85. The van der Waals surface area contributed by atoms with Crippen molar-refractivity contribution in [3.05, 3.63) is 30.1 Å². The van der Waals surface area contributed by atoms with E-state index in [1.807, 2.05) is 17.0 Å². The van der Waals surface area contributed by atoms with Crippen LogP contribution in [-0.2, 0) is 15.0 Å². The van der Waals surface area contributed by atoms with E-state index in [4.69, 9.17) is 0 Å². The van der Waals surface area contributed by atoms with Crippen LogP contribution < -0.4 is 10.6 Å². The first-order chi connectivity index (χ1) is 12.6. The predicted octanol–water partition coefficient (Wildman–Crippen LogP) is 0.411. The number of hydrogen-bond acceptors (Lipinski definition) is 6. The van der Waals surface area contributed by atoms with E-state index < -0.39 is 16.9 Å². The summed E-state index contributed by atoms with van der Waals surface area (Å²) < 4.78 is 0. The van der Waals surface area contributed by atoms with Gasteiger partial charge in [-0.05, 0) is 43.6 Å². The van der Waals surface area contributed by atoms with Crippen molar-refractivity contribution in [3.63, 3.8) is 0 Å². The molecule has 0 saturated carbocycles. The number of Topliss-reactive ketones (excluding diaryl/α,β-unsaturated/α-hetero) is 1. The standard InChI is InChI=1S/C19H28N4O3/c1-2-16(24)19(17(25)26,23-13-11-22-12-14-23)18(5-9-21-10-6-18)15-3-7-20-8-4-15/h3-4,7-8,21-22H,2,5-6,9-14H2,1H3,(H,25,26). The van der Waals surface area contributed by atoms with Gasteiger partial charge in [-0.2, -0.15) is 0 Å². The number of piperazine rings is 1. The number of carbonyl (C=O) groups is 2. The molecule has 2 aliphatic heterocycles. The Bertz CT molecular complexity index is 639. The molecular weight excluding hydrogens is 332 g/mol. The van der Waals surface area contributed by atoms with E-state index in [-0.39, 0.29) is 12.2 Å². The first-order valence-electron chi connectivity index (χ1n) is 9.43. The second-order valence-electron chi connectivity index (χ2n) is 7.10. The molecule has 0 radical (unpaired) electrons. The minimum absolute atomic E-state index is 0.203. The van der Waals surface area contributed by atoms with Crippen molar-refractivity contribution in [1.82, 2.24) is 20.5 Å². The Morgan fingerprint density at radius 2 is 1.73 bits per heavy atom. The number of aromatic nitrogens is 1. The van der Waals surface area contributed by atoms with Crippen LogP contribution >= 0.6 is 0 Å². The van der Waals surface area contributed by atoms with Crippen molar-refractivity contribution in [1.29, 1.82) is 0 Å². The Morgan fingerprint density at radius 1 is 1.15 bits per heavy atom. The Hall–Kier alpha value is -1.83. The van der Waals surface area contributed by atoms with E-state index in [1.54, 1.807) is 19.3 Å². The molecule has 142 valence electrons. The van der Waals surface area contributed by atoms with Gasteiger partial charge < -0.3 is 15.7 Å². The zero-order valence-corrected chi connectivity index (χ0v) is 15.3. The lowest BCUT2D eigenvalue weighted by Crippen LogP contribution is -2.74. The minimum atomic E-state index is -1.55. The van der Waals surface area contributed by atoms with Crippen LogP contribution in [0.15, 0.2) is 24.5 Å². The summed E-state index contributed by atoms with van der Waals surface area (Å²) >= 11 is 0. The molecule has 3 rings (SSSR count).